The number of piperazine rings is 1. The van der Waals surface area contributed by atoms with Crippen molar-refractivity contribution in [1.82, 2.24) is 9.21 Å². The average Bonchev–Trinajstić information content (AvgIpc) is 2.44. The second kappa shape index (κ2) is 7.14. The van der Waals surface area contributed by atoms with E-state index in [1.807, 2.05) is 11.8 Å². The minimum atomic E-state index is -4.52. The molecule has 0 aromatic rings. The zero-order chi connectivity index (χ0) is 15.3. The Morgan fingerprint density at radius 1 is 1.35 bits per heavy atom. The lowest BCUT2D eigenvalue weighted by Crippen LogP contribution is -2.55. The molecule has 1 saturated heterocycles. The van der Waals surface area contributed by atoms with Gasteiger partial charge >= 0.3 is 5.76 Å². The van der Waals surface area contributed by atoms with Gasteiger partial charge in [-0.3, -0.25) is 4.90 Å². The molecule has 1 heterocycles. The maximum Gasteiger partial charge on any atom is 0.350 e. The molecule has 0 spiro atoms. The normalized spacial score (nSPS) is 21.3. The topological polar surface area (TPSA) is 99.2 Å². The van der Waals surface area contributed by atoms with Crippen molar-refractivity contribution in [2.45, 2.75) is 31.6 Å². The molecule has 3 N–H and O–H groups in total. The number of nitrogens with two attached hydrogens (primary N) is 1. The number of hydrogen-bond acceptors (Lipinski definition) is 5. The molecule has 1 rings (SSSR count). The minimum absolute atomic E-state index is 0.0222. The predicted octanol–water partition coefficient (Wildman–Crippen LogP) is 0.0715. The Balaban J connectivity index is 2.69. The van der Waals surface area contributed by atoms with E-state index in [2.05, 4.69) is 5.16 Å². The van der Waals surface area contributed by atoms with Crippen LogP contribution in [0.2, 0.25) is 0 Å². The van der Waals surface area contributed by atoms with Crippen molar-refractivity contribution in [3.8, 4) is 0 Å². The van der Waals surface area contributed by atoms with Crippen LogP contribution in [-0.2, 0) is 10.0 Å². The number of amidine groups is 1. The van der Waals surface area contributed by atoms with Crippen molar-refractivity contribution in [3.05, 3.63) is 0 Å². The highest BCUT2D eigenvalue weighted by Gasteiger charge is 2.36. The fourth-order valence-electron chi connectivity index (χ4n) is 2.24. The van der Waals surface area contributed by atoms with Crippen LogP contribution in [0.5, 0.6) is 0 Å². The quantitative estimate of drug-likeness (QED) is 0.313. The summed E-state index contributed by atoms with van der Waals surface area (Å²) in [7, 11) is -4.52. The lowest BCUT2D eigenvalue weighted by atomic mass is 10.1. The molecule has 1 atom stereocenters. The molecule has 0 aliphatic carbocycles. The highest BCUT2D eigenvalue weighted by atomic mass is 32.2. The smallest absolute Gasteiger partial charge is 0.350 e. The lowest BCUT2D eigenvalue weighted by Gasteiger charge is -2.37. The molecule has 10 heteroatoms. The molecule has 0 radical (unpaired) electrons. The second-order valence-corrected chi connectivity index (χ2v) is 6.47. The van der Waals surface area contributed by atoms with Crippen LogP contribution in [0.4, 0.5) is 8.78 Å². The summed E-state index contributed by atoms with van der Waals surface area (Å²) in [5, 5.41) is 11.7. The van der Waals surface area contributed by atoms with Gasteiger partial charge in [-0.15, -0.1) is 0 Å². The van der Waals surface area contributed by atoms with Crippen LogP contribution in [0, 0.1) is 0 Å². The molecule has 0 bridgehead atoms. The molecular formula is C10H20F2N4O3S. The Labute approximate surface area is 117 Å². The van der Waals surface area contributed by atoms with Crippen LogP contribution in [0.3, 0.4) is 0 Å². The second-order valence-electron chi connectivity index (χ2n) is 4.57. The highest BCUT2D eigenvalue weighted by Crippen LogP contribution is 2.17. The van der Waals surface area contributed by atoms with Crippen molar-refractivity contribution >= 4 is 15.9 Å². The molecule has 0 amide bonds. The fraction of sp³-hybridized carbons (Fsp3) is 0.900. The number of nitrogens with zero attached hydrogens (tertiary/aromatic N) is 3. The van der Waals surface area contributed by atoms with Gasteiger partial charge in [0.1, 0.15) is 0 Å². The third kappa shape index (κ3) is 3.76. The van der Waals surface area contributed by atoms with E-state index in [9.17, 15) is 17.2 Å². The van der Waals surface area contributed by atoms with Gasteiger partial charge in [0.05, 0.1) is 6.04 Å². The molecule has 0 aromatic carbocycles. The molecule has 1 fully saturated rings. The third-order valence-electron chi connectivity index (χ3n) is 3.32. The van der Waals surface area contributed by atoms with Crippen molar-refractivity contribution in [2.75, 3.05) is 26.2 Å². The van der Waals surface area contributed by atoms with Gasteiger partial charge in [-0.2, -0.15) is 13.1 Å². The number of rotatable bonds is 6. The zero-order valence-corrected chi connectivity index (χ0v) is 12.1. The molecule has 118 valence electrons. The Bertz CT molecular complexity index is 436. The summed E-state index contributed by atoms with van der Waals surface area (Å²) in [5.74, 6) is -3.35. The summed E-state index contributed by atoms with van der Waals surface area (Å²) in [6.45, 7) is 2.44. The van der Waals surface area contributed by atoms with Crippen molar-refractivity contribution in [1.29, 1.82) is 0 Å². The van der Waals surface area contributed by atoms with Crippen molar-refractivity contribution < 1.29 is 22.4 Å². The number of hydrogen-bond donors (Lipinski definition) is 2. The first kappa shape index (κ1) is 17.1. The van der Waals surface area contributed by atoms with Gasteiger partial charge in [-0.25, -0.2) is 8.42 Å². The van der Waals surface area contributed by atoms with Crippen LogP contribution >= 0.6 is 0 Å². The first-order valence-electron chi connectivity index (χ1n) is 6.33. The summed E-state index contributed by atoms with van der Waals surface area (Å²) in [6, 6.07) is -0.304. The van der Waals surface area contributed by atoms with Gasteiger partial charge < -0.3 is 10.9 Å². The number of oxime groups is 1. The van der Waals surface area contributed by atoms with Gasteiger partial charge in [0, 0.05) is 26.2 Å². The molecule has 1 aliphatic heterocycles. The molecule has 1 unspecified atom stereocenters. The van der Waals surface area contributed by atoms with E-state index in [0.717, 1.165) is 10.7 Å². The summed E-state index contributed by atoms with van der Waals surface area (Å²) in [4.78, 5) is 1.84. The fourth-order valence-corrected chi connectivity index (χ4v) is 3.14. The van der Waals surface area contributed by atoms with Crippen LogP contribution in [0.15, 0.2) is 5.16 Å². The predicted molar refractivity (Wildman–Crippen MR) is 70.2 cm³/mol. The molecule has 7 nitrogen and oxygen atoms in total. The van der Waals surface area contributed by atoms with E-state index >= 15 is 0 Å². The standard InChI is InChI=1S/C10H20F2N4O3S/c1-2-3-8(9(13)14-17)15-4-6-16(7-5-15)20(18,19)10(11)12/h8,10,17H,2-7H2,1H3,(H2,13,14). The number of halogens is 2. The number of alkyl halides is 2. The van der Waals surface area contributed by atoms with Gasteiger partial charge in [-0.05, 0) is 6.42 Å². The van der Waals surface area contributed by atoms with Crippen LogP contribution in [0.1, 0.15) is 19.8 Å². The molecule has 0 aromatic heterocycles. The van der Waals surface area contributed by atoms with E-state index in [0.29, 0.717) is 6.42 Å². The Kier molecular flexibility index (Phi) is 6.08. The van der Waals surface area contributed by atoms with Crippen LogP contribution in [0.25, 0.3) is 0 Å². The van der Waals surface area contributed by atoms with E-state index in [1.165, 1.54) is 0 Å². The largest absolute Gasteiger partial charge is 0.409 e. The van der Waals surface area contributed by atoms with Gasteiger partial charge in [0.25, 0.3) is 10.0 Å². The maximum absolute atomic E-state index is 12.4. The molecular weight excluding hydrogens is 294 g/mol. The maximum atomic E-state index is 12.4. The Morgan fingerprint density at radius 3 is 2.30 bits per heavy atom. The highest BCUT2D eigenvalue weighted by molar-refractivity contribution is 7.89. The van der Waals surface area contributed by atoms with E-state index < -0.39 is 15.8 Å². The van der Waals surface area contributed by atoms with Crippen LogP contribution in [-0.4, -0.2) is 66.6 Å². The first-order valence-corrected chi connectivity index (χ1v) is 7.83. The minimum Gasteiger partial charge on any atom is -0.409 e. The summed E-state index contributed by atoms with van der Waals surface area (Å²) in [6.07, 6.45) is 1.45. The average molecular weight is 314 g/mol. The van der Waals surface area contributed by atoms with Gasteiger partial charge in [0.2, 0.25) is 0 Å². The molecule has 20 heavy (non-hydrogen) atoms. The number of sulfonamides is 1. The summed E-state index contributed by atoms with van der Waals surface area (Å²) < 4.78 is 48.4. The van der Waals surface area contributed by atoms with E-state index in [4.69, 9.17) is 10.9 Å². The monoisotopic (exact) mass is 314 g/mol. The van der Waals surface area contributed by atoms with Gasteiger partial charge in [-0.1, -0.05) is 18.5 Å². The van der Waals surface area contributed by atoms with E-state index in [1.54, 1.807) is 0 Å². The summed E-state index contributed by atoms with van der Waals surface area (Å²) >= 11 is 0. The summed E-state index contributed by atoms with van der Waals surface area (Å²) in [5.41, 5.74) is 5.61. The van der Waals surface area contributed by atoms with Gasteiger partial charge in [0.15, 0.2) is 5.84 Å². The Morgan fingerprint density at radius 2 is 1.90 bits per heavy atom. The third-order valence-corrected chi connectivity index (χ3v) is 4.85. The molecule has 1 aliphatic rings. The first-order chi connectivity index (χ1) is 9.34. The van der Waals surface area contributed by atoms with Crippen molar-refractivity contribution in [2.24, 2.45) is 10.9 Å². The van der Waals surface area contributed by atoms with E-state index in [-0.39, 0.29) is 38.1 Å². The van der Waals surface area contributed by atoms with Crippen LogP contribution < -0.4 is 5.73 Å². The molecule has 0 saturated carbocycles. The lowest BCUT2D eigenvalue weighted by molar-refractivity contribution is 0.148. The SMILES string of the molecule is CCCC(C(N)=NO)N1CCN(S(=O)(=O)C(F)F)CC1. The Hall–Kier alpha value is -1.00. The van der Waals surface area contributed by atoms with Crippen molar-refractivity contribution in [3.63, 3.8) is 0 Å². The zero-order valence-electron chi connectivity index (χ0n) is 11.2.